The smallest absolute Gasteiger partial charge is 0.131 e. The summed E-state index contributed by atoms with van der Waals surface area (Å²) in [4.78, 5) is 8.52. The molecule has 0 fully saturated rings. The zero-order chi connectivity index (χ0) is 13.9. The van der Waals surface area contributed by atoms with E-state index in [0.717, 1.165) is 33.5 Å². The second kappa shape index (κ2) is 7.82. The number of aromatic nitrogens is 2. The molecule has 2 heterocycles. The molecular formula is C16H16Cl2N2O2. The van der Waals surface area contributed by atoms with E-state index in [9.17, 15) is 0 Å². The van der Waals surface area contributed by atoms with Crippen molar-refractivity contribution < 1.29 is 9.47 Å². The fraction of sp³-hybridized carbons (Fsp3) is 0.125. The number of pyridine rings is 2. The lowest BCUT2D eigenvalue weighted by molar-refractivity contribution is 0.398. The summed E-state index contributed by atoms with van der Waals surface area (Å²) in [5, 5.41) is 0.961. The van der Waals surface area contributed by atoms with Crippen molar-refractivity contribution in [2.75, 3.05) is 14.2 Å². The Morgan fingerprint density at radius 3 is 2.23 bits per heavy atom. The lowest BCUT2D eigenvalue weighted by Crippen LogP contribution is -1.91. The number of rotatable bonds is 3. The van der Waals surface area contributed by atoms with Crippen LogP contribution in [0.3, 0.4) is 0 Å². The molecule has 4 nitrogen and oxygen atoms in total. The van der Waals surface area contributed by atoms with Gasteiger partial charge >= 0.3 is 0 Å². The van der Waals surface area contributed by atoms with Gasteiger partial charge in [-0.2, -0.15) is 0 Å². The zero-order valence-corrected chi connectivity index (χ0v) is 13.8. The third-order valence-corrected chi connectivity index (χ3v) is 3.21. The van der Waals surface area contributed by atoms with Crippen LogP contribution < -0.4 is 9.47 Å². The quantitative estimate of drug-likeness (QED) is 0.719. The topological polar surface area (TPSA) is 44.2 Å². The molecule has 0 unspecified atom stereocenters. The predicted molar refractivity (Wildman–Crippen MR) is 92.6 cm³/mol. The Labute approximate surface area is 141 Å². The summed E-state index contributed by atoms with van der Waals surface area (Å²) in [6, 6.07) is 9.74. The van der Waals surface area contributed by atoms with Gasteiger partial charge in [-0.1, -0.05) is 0 Å². The maximum absolute atomic E-state index is 5.43. The number of methoxy groups -OCH3 is 2. The summed E-state index contributed by atoms with van der Waals surface area (Å²) in [5.74, 6) is 1.49. The van der Waals surface area contributed by atoms with E-state index in [2.05, 4.69) is 16.0 Å². The number of halogens is 2. The molecule has 0 spiro atoms. The highest BCUT2D eigenvalue weighted by molar-refractivity contribution is 5.90. The van der Waals surface area contributed by atoms with Crippen LogP contribution in [0.5, 0.6) is 11.5 Å². The minimum absolute atomic E-state index is 0. The van der Waals surface area contributed by atoms with Crippen LogP contribution in [0.25, 0.3) is 22.0 Å². The van der Waals surface area contributed by atoms with Gasteiger partial charge in [0, 0.05) is 41.7 Å². The first-order valence-corrected chi connectivity index (χ1v) is 6.24. The summed E-state index contributed by atoms with van der Waals surface area (Å²) < 4.78 is 10.7. The van der Waals surface area contributed by atoms with Crippen LogP contribution >= 0.6 is 24.8 Å². The van der Waals surface area contributed by atoms with E-state index < -0.39 is 0 Å². The fourth-order valence-electron chi connectivity index (χ4n) is 2.16. The third-order valence-electron chi connectivity index (χ3n) is 3.21. The second-order valence-corrected chi connectivity index (χ2v) is 4.36. The maximum atomic E-state index is 5.43. The van der Waals surface area contributed by atoms with Crippen molar-refractivity contribution in [3.05, 3.63) is 48.9 Å². The largest absolute Gasteiger partial charge is 0.497 e. The molecule has 6 heteroatoms. The van der Waals surface area contributed by atoms with E-state index in [1.165, 1.54) is 0 Å². The van der Waals surface area contributed by atoms with Gasteiger partial charge in [0.2, 0.25) is 0 Å². The Balaban J connectivity index is 0.00000121. The van der Waals surface area contributed by atoms with E-state index in [1.54, 1.807) is 26.6 Å². The molecule has 3 rings (SSSR count). The molecule has 0 N–H and O–H groups in total. The number of hydrogen-bond acceptors (Lipinski definition) is 4. The Morgan fingerprint density at radius 1 is 0.864 bits per heavy atom. The first-order valence-electron chi connectivity index (χ1n) is 6.24. The van der Waals surface area contributed by atoms with Gasteiger partial charge in [-0.25, -0.2) is 0 Å². The molecule has 22 heavy (non-hydrogen) atoms. The normalized spacial score (nSPS) is 9.55. The molecular weight excluding hydrogens is 323 g/mol. The highest BCUT2D eigenvalue weighted by Crippen LogP contribution is 2.32. The average Bonchev–Trinajstić information content (AvgIpc) is 2.54. The van der Waals surface area contributed by atoms with Crippen molar-refractivity contribution in [1.29, 1.82) is 0 Å². The molecule has 0 saturated carbocycles. The maximum Gasteiger partial charge on any atom is 0.131 e. The molecule has 116 valence electrons. The summed E-state index contributed by atoms with van der Waals surface area (Å²) in [5.41, 5.74) is 2.95. The highest BCUT2D eigenvalue weighted by atomic mass is 35.5. The fourth-order valence-corrected chi connectivity index (χ4v) is 2.16. The minimum Gasteiger partial charge on any atom is -0.497 e. The van der Waals surface area contributed by atoms with Gasteiger partial charge in [0.25, 0.3) is 0 Å². The molecule has 0 radical (unpaired) electrons. The molecule has 0 aliphatic carbocycles. The van der Waals surface area contributed by atoms with E-state index in [4.69, 9.17) is 9.47 Å². The van der Waals surface area contributed by atoms with E-state index in [-0.39, 0.29) is 24.8 Å². The number of fused-ring (bicyclic) bond motifs is 1. The van der Waals surface area contributed by atoms with Crippen LogP contribution in [0.15, 0.2) is 48.9 Å². The van der Waals surface area contributed by atoms with Crippen LogP contribution in [-0.2, 0) is 0 Å². The van der Waals surface area contributed by atoms with Crippen LogP contribution in [0.2, 0.25) is 0 Å². The monoisotopic (exact) mass is 338 g/mol. The summed E-state index contributed by atoms with van der Waals surface area (Å²) in [6.45, 7) is 0. The van der Waals surface area contributed by atoms with E-state index in [1.807, 2.05) is 30.5 Å². The Morgan fingerprint density at radius 2 is 1.59 bits per heavy atom. The molecule has 0 aliphatic heterocycles. The molecule has 0 aliphatic rings. The van der Waals surface area contributed by atoms with Crippen LogP contribution in [0.4, 0.5) is 0 Å². The van der Waals surface area contributed by atoms with Crippen molar-refractivity contribution >= 4 is 35.7 Å². The predicted octanol–water partition coefficient (Wildman–Crippen LogP) is 4.16. The van der Waals surface area contributed by atoms with Crippen molar-refractivity contribution in [2.24, 2.45) is 0 Å². The first-order chi connectivity index (χ1) is 9.81. The van der Waals surface area contributed by atoms with Gasteiger partial charge in [0.05, 0.1) is 19.7 Å². The molecule has 0 atom stereocenters. The SMILES string of the molecule is COc1cc(OC)c2cc(-c3ccncc3)cnc2c1.Cl.Cl. The zero-order valence-electron chi connectivity index (χ0n) is 12.1. The van der Waals surface area contributed by atoms with Crippen LogP contribution in [0.1, 0.15) is 0 Å². The summed E-state index contributed by atoms with van der Waals surface area (Å²) in [7, 11) is 3.28. The van der Waals surface area contributed by atoms with Gasteiger partial charge in [0.15, 0.2) is 0 Å². The van der Waals surface area contributed by atoms with Crippen molar-refractivity contribution in [3.8, 4) is 22.6 Å². The number of benzene rings is 1. The second-order valence-electron chi connectivity index (χ2n) is 4.36. The van der Waals surface area contributed by atoms with Crippen molar-refractivity contribution in [3.63, 3.8) is 0 Å². The Kier molecular flexibility index (Phi) is 6.40. The lowest BCUT2D eigenvalue weighted by atomic mass is 10.1. The standard InChI is InChI=1S/C16H14N2O2.2ClH/c1-19-13-8-15-14(16(9-13)20-2)7-12(10-18-15)11-3-5-17-6-4-11;;/h3-10H,1-2H3;2*1H. The minimum atomic E-state index is 0. The van der Waals surface area contributed by atoms with Gasteiger partial charge in [0.1, 0.15) is 11.5 Å². The summed E-state index contributed by atoms with van der Waals surface area (Å²) in [6.07, 6.45) is 5.38. The van der Waals surface area contributed by atoms with E-state index in [0.29, 0.717) is 0 Å². The molecule has 0 bridgehead atoms. The van der Waals surface area contributed by atoms with Gasteiger partial charge in [-0.05, 0) is 23.8 Å². The van der Waals surface area contributed by atoms with Gasteiger partial charge in [-0.3, -0.25) is 9.97 Å². The number of hydrogen-bond donors (Lipinski definition) is 0. The van der Waals surface area contributed by atoms with Crippen molar-refractivity contribution in [1.82, 2.24) is 9.97 Å². The van der Waals surface area contributed by atoms with Crippen LogP contribution in [-0.4, -0.2) is 24.2 Å². The lowest BCUT2D eigenvalue weighted by Gasteiger charge is -2.09. The van der Waals surface area contributed by atoms with Gasteiger partial charge < -0.3 is 9.47 Å². The van der Waals surface area contributed by atoms with Crippen LogP contribution in [0, 0.1) is 0 Å². The molecule has 0 saturated heterocycles. The number of ether oxygens (including phenoxy) is 2. The number of nitrogens with zero attached hydrogens (tertiary/aromatic N) is 2. The molecule has 3 aromatic rings. The van der Waals surface area contributed by atoms with E-state index >= 15 is 0 Å². The first kappa shape index (κ1) is 18.0. The molecule has 0 amide bonds. The average molecular weight is 339 g/mol. The Bertz CT molecular complexity index is 752. The molecule has 1 aromatic carbocycles. The highest BCUT2D eigenvalue weighted by Gasteiger charge is 2.08. The van der Waals surface area contributed by atoms with Crippen molar-refractivity contribution in [2.45, 2.75) is 0 Å². The Hall–Kier alpha value is -2.04. The summed E-state index contributed by atoms with van der Waals surface area (Å²) >= 11 is 0. The van der Waals surface area contributed by atoms with Gasteiger partial charge in [-0.15, -0.1) is 24.8 Å². The third kappa shape index (κ3) is 3.40. The molecule has 2 aromatic heterocycles.